The molecule has 7 nitrogen and oxygen atoms in total. The standard InChI is InChI=1S/C19H20N4O3/c1-12-9-10-13(19-20-14-5-2-3-6-15(14)21-19)11-16(12)22-23-17(24)7-4-8-18(25)26/h2-3,5-6,9-11,22H,4,7-8H2,1H3,(H,20,21)(H,23,24)(H,25,26). The Bertz CT molecular complexity index is 916. The molecule has 3 rings (SSSR count). The van der Waals surface area contributed by atoms with Gasteiger partial charge in [0.25, 0.3) is 0 Å². The molecule has 0 unspecified atom stereocenters. The largest absolute Gasteiger partial charge is 0.481 e. The summed E-state index contributed by atoms with van der Waals surface area (Å²) in [7, 11) is 0. The molecule has 0 aliphatic rings. The summed E-state index contributed by atoms with van der Waals surface area (Å²) in [4.78, 5) is 30.1. The average Bonchev–Trinajstić information content (AvgIpc) is 3.05. The maximum absolute atomic E-state index is 11.8. The molecule has 0 aliphatic carbocycles. The zero-order valence-corrected chi connectivity index (χ0v) is 14.4. The molecule has 1 aromatic heterocycles. The minimum atomic E-state index is -0.903. The number of hydrogen-bond acceptors (Lipinski definition) is 4. The number of imidazole rings is 1. The van der Waals surface area contributed by atoms with Gasteiger partial charge in [-0.15, -0.1) is 0 Å². The summed E-state index contributed by atoms with van der Waals surface area (Å²) in [6, 6.07) is 13.6. The van der Waals surface area contributed by atoms with E-state index in [1.54, 1.807) is 0 Å². The van der Waals surface area contributed by atoms with E-state index in [1.165, 1.54) is 0 Å². The molecule has 0 bridgehead atoms. The molecule has 0 spiro atoms. The summed E-state index contributed by atoms with van der Waals surface area (Å²) in [6.45, 7) is 1.93. The van der Waals surface area contributed by atoms with E-state index in [0.29, 0.717) is 6.42 Å². The lowest BCUT2D eigenvalue weighted by molar-refractivity contribution is -0.137. The van der Waals surface area contributed by atoms with Gasteiger partial charge in [-0.25, -0.2) is 4.98 Å². The minimum absolute atomic E-state index is 0.0199. The summed E-state index contributed by atoms with van der Waals surface area (Å²) >= 11 is 0. The molecule has 2 aromatic carbocycles. The van der Waals surface area contributed by atoms with Crippen molar-refractivity contribution in [3.63, 3.8) is 0 Å². The number of para-hydroxylation sites is 2. The van der Waals surface area contributed by atoms with Crippen LogP contribution in [0.5, 0.6) is 0 Å². The van der Waals surface area contributed by atoms with Gasteiger partial charge in [-0.2, -0.15) is 0 Å². The van der Waals surface area contributed by atoms with Crippen LogP contribution < -0.4 is 10.9 Å². The molecule has 1 amide bonds. The van der Waals surface area contributed by atoms with Crippen LogP contribution in [0.25, 0.3) is 22.4 Å². The Balaban J connectivity index is 1.69. The van der Waals surface area contributed by atoms with Crippen LogP contribution in [0.15, 0.2) is 42.5 Å². The number of nitrogens with one attached hydrogen (secondary N) is 3. The fourth-order valence-corrected chi connectivity index (χ4v) is 2.59. The molecule has 134 valence electrons. The summed E-state index contributed by atoms with van der Waals surface area (Å²) in [6.07, 6.45) is 0.441. The number of hydrazine groups is 1. The number of H-pyrrole nitrogens is 1. The summed E-state index contributed by atoms with van der Waals surface area (Å²) in [5.74, 6) is -0.401. The number of nitrogens with zero attached hydrogens (tertiary/aromatic N) is 1. The normalized spacial score (nSPS) is 10.7. The van der Waals surface area contributed by atoms with E-state index in [2.05, 4.69) is 20.8 Å². The topological polar surface area (TPSA) is 107 Å². The number of carboxylic acid groups (broad SMARTS) is 1. The smallest absolute Gasteiger partial charge is 0.303 e. The van der Waals surface area contributed by atoms with E-state index in [-0.39, 0.29) is 18.7 Å². The van der Waals surface area contributed by atoms with E-state index < -0.39 is 5.97 Å². The molecule has 26 heavy (non-hydrogen) atoms. The van der Waals surface area contributed by atoms with Crippen molar-refractivity contribution < 1.29 is 14.7 Å². The Morgan fingerprint density at radius 1 is 1.15 bits per heavy atom. The van der Waals surface area contributed by atoms with Gasteiger partial charge in [0.2, 0.25) is 5.91 Å². The summed E-state index contributed by atoms with van der Waals surface area (Å²) < 4.78 is 0. The highest BCUT2D eigenvalue weighted by Gasteiger charge is 2.09. The molecule has 0 aliphatic heterocycles. The van der Waals surface area contributed by atoms with Gasteiger partial charge in [-0.1, -0.05) is 24.3 Å². The average molecular weight is 352 g/mol. The third-order valence-electron chi connectivity index (χ3n) is 4.03. The van der Waals surface area contributed by atoms with Crippen molar-refractivity contribution in [2.75, 3.05) is 5.43 Å². The Hall–Kier alpha value is -3.35. The molecule has 0 saturated heterocycles. The van der Waals surface area contributed by atoms with Crippen LogP contribution in [0, 0.1) is 6.92 Å². The van der Waals surface area contributed by atoms with Crippen LogP contribution in [-0.2, 0) is 9.59 Å². The highest BCUT2D eigenvalue weighted by atomic mass is 16.4. The Kier molecular flexibility index (Phi) is 5.17. The number of anilines is 1. The van der Waals surface area contributed by atoms with Crippen LogP contribution in [0.2, 0.25) is 0 Å². The summed E-state index contributed by atoms with van der Waals surface area (Å²) in [5.41, 5.74) is 9.99. The fourth-order valence-electron chi connectivity index (χ4n) is 2.59. The number of aromatic nitrogens is 2. The van der Waals surface area contributed by atoms with Gasteiger partial charge in [0.05, 0.1) is 16.7 Å². The first kappa shape index (κ1) is 17.5. The molecule has 4 N–H and O–H groups in total. The van der Waals surface area contributed by atoms with Gasteiger partial charge in [0.1, 0.15) is 5.82 Å². The lowest BCUT2D eigenvalue weighted by Crippen LogP contribution is -2.29. The van der Waals surface area contributed by atoms with Gasteiger partial charge in [-0.3, -0.25) is 20.4 Å². The number of aromatic amines is 1. The first-order valence-corrected chi connectivity index (χ1v) is 8.35. The Morgan fingerprint density at radius 3 is 2.73 bits per heavy atom. The van der Waals surface area contributed by atoms with Crippen molar-refractivity contribution in [2.45, 2.75) is 26.2 Å². The van der Waals surface area contributed by atoms with Gasteiger partial charge >= 0.3 is 5.97 Å². The second kappa shape index (κ2) is 7.69. The monoisotopic (exact) mass is 352 g/mol. The zero-order valence-electron chi connectivity index (χ0n) is 14.4. The van der Waals surface area contributed by atoms with Crippen LogP contribution in [-0.4, -0.2) is 27.0 Å². The highest BCUT2D eigenvalue weighted by molar-refractivity contribution is 5.81. The molecule has 0 saturated carbocycles. The number of rotatable bonds is 7. The third-order valence-corrected chi connectivity index (χ3v) is 4.03. The van der Waals surface area contributed by atoms with Crippen molar-refractivity contribution in [1.29, 1.82) is 0 Å². The lowest BCUT2D eigenvalue weighted by atomic mass is 10.1. The van der Waals surface area contributed by atoms with Crippen molar-refractivity contribution in [3.8, 4) is 11.4 Å². The van der Waals surface area contributed by atoms with Crippen molar-refractivity contribution in [3.05, 3.63) is 48.0 Å². The first-order valence-electron chi connectivity index (χ1n) is 8.35. The van der Waals surface area contributed by atoms with E-state index in [4.69, 9.17) is 5.11 Å². The van der Waals surface area contributed by atoms with E-state index in [9.17, 15) is 9.59 Å². The van der Waals surface area contributed by atoms with Gasteiger partial charge in [0, 0.05) is 18.4 Å². The van der Waals surface area contributed by atoms with Crippen LogP contribution in [0.1, 0.15) is 24.8 Å². The van der Waals surface area contributed by atoms with E-state index in [1.807, 2.05) is 49.4 Å². The highest BCUT2D eigenvalue weighted by Crippen LogP contribution is 2.25. The number of hydrogen-bond donors (Lipinski definition) is 4. The fraction of sp³-hybridized carbons (Fsp3) is 0.211. The number of aryl methyl sites for hydroxylation is 1. The SMILES string of the molecule is Cc1ccc(-c2nc3ccccc3[nH]2)cc1NNC(=O)CCCC(=O)O. The predicted octanol–water partition coefficient (Wildman–Crippen LogP) is 3.24. The second-order valence-corrected chi connectivity index (χ2v) is 6.05. The maximum Gasteiger partial charge on any atom is 0.303 e. The lowest BCUT2D eigenvalue weighted by Gasteiger charge is -2.12. The van der Waals surface area contributed by atoms with Gasteiger partial charge in [-0.05, 0) is 37.1 Å². The quantitative estimate of drug-likeness (QED) is 0.488. The molecule has 0 radical (unpaired) electrons. The number of aliphatic carboxylic acids is 1. The van der Waals surface area contributed by atoms with E-state index >= 15 is 0 Å². The Labute approximate surface area is 150 Å². The van der Waals surface area contributed by atoms with Crippen LogP contribution >= 0.6 is 0 Å². The Morgan fingerprint density at radius 2 is 1.96 bits per heavy atom. The zero-order chi connectivity index (χ0) is 18.5. The van der Waals surface area contributed by atoms with Crippen molar-refractivity contribution in [1.82, 2.24) is 15.4 Å². The number of amides is 1. The first-order chi connectivity index (χ1) is 12.5. The molecule has 1 heterocycles. The van der Waals surface area contributed by atoms with Crippen LogP contribution in [0.4, 0.5) is 5.69 Å². The van der Waals surface area contributed by atoms with Crippen molar-refractivity contribution >= 4 is 28.6 Å². The molecule has 3 aromatic rings. The van der Waals surface area contributed by atoms with E-state index in [0.717, 1.165) is 33.7 Å². The molecule has 7 heteroatoms. The third kappa shape index (κ3) is 4.18. The van der Waals surface area contributed by atoms with Crippen LogP contribution in [0.3, 0.4) is 0 Å². The second-order valence-electron chi connectivity index (χ2n) is 6.05. The number of carbonyl (C=O) groups is 2. The molecular weight excluding hydrogens is 332 g/mol. The van der Waals surface area contributed by atoms with Gasteiger partial charge < -0.3 is 10.1 Å². The maximum atomic E-state index is 11.8. The number of fused-ring (bicyclic) bond motifs is 1. The van der Waals surface area contributed by atoms with Gasteiger partial charge in [0.15, 0.2) is 0 Å². The molecule has 0 fully saturated rings. The summed E-state index contributed by atoms with van der Waals surface area (Å²) in [5, 5.41) is 8.61. The van der Waals surface area contributed by atoms with Crippen molar-refractivity contribution in [2.24, 2.45) is 0 Å². The number of benzene rings is 2. The number of carboxylic acids is 1. The molecule has 0 atom stereocenters. The molecular formula is C19H20N4O3. The number of carbonyl (C=O) groups excluding carboxylic acids is 1. The minimum Gasteiger partial charge on any atom is -0.481 e. The predicted molar refractivity (Wildman–Crippen MR) is 99.5 cm³/mol.